The highest BCUT2D eigenvalue weighted by Gasteiger charge is 2.21. The van der Waals surface area contributed by atoms with Crippen LogP contribution in [0.1, 0.15) is 24.2 Å². The van der Waals surface area contributed by atoms with Gasteiger partial charge in [-0.05, 0) is 70.8 Å². The topological polar surface area (TPSA) is 90.4 Å². The highest BCUT2D eigenvalue weighted by Crippen LogP contribution is 2.34. The molecule has 0 fully saturated rings. The number of aliphatic hydroxyl groups is 1. The molecule has 0 unspecified atom stereocenters. The van der Waals surface area contributed by atoms with Crippen LogP contribution in [0.3, 0.4) is 0 Å². The molecule has 3 aromatic rings. The van der Waals surface area contributed by atoms with Gasteiger partial charge in [0.25, 0.3) is 0 Å². The molecule has 2 heterocycles. The van der Waals surface area contributed by atoms with Crippen molar-refractivity contribution in [3.63, 3.8) is 0 Å². The van der Waals surface area contributed by atoms with Crippen LogP contribution in [0.25, 0.3) is 16.8 Å². The minimum Gasteiger partial charge on any atom is -0.508 e. The maximum Gasteiger partial charge on any atom is 0.406 e. The van der Waals surface area contributed by atoms with E-state index in [-0.39, 0.29) is 23.9 Å². The fourth-order valence-corrected chi connectivity index (χ4v) is 4.05. The lowest BCUT2D eigenvalue weighted by atomic mass is 10.0. The van der Waals surface area contributed by atoms with Gasteiger partial charge in [-0.15, -0.1) is 0 Å². The number of rotatable bonds is 6. The number of pyridine rings is 1. The number of ether oxygens (including phenoxy) is 1. The van der Waals surface area contributed by atoms with Crippen molar-refractivity contribution >= 4 is 23.0 Å². The minimum absolute atomic E-state index is 0.109. The number of halogens is 1. The largest absolute Gasteiger partial charge is 0.508 e. The number of nitro groups is 1. The SMILES string of the molecule is COc1ccc(Cn2c(/C3=C/C=C(O)\C=C/CC3)ccc2-c2ccccc2Cl)nc1[N+](=O)[O-]. The highest BCUT2D eigenvalue weighted by atomic mass is 35.5. The Labute approximate surface area is 196 Å². The monoisotopic (exact) mass is 463 g/mol. The Morgan fingerprint density at radius 2 is 1.94 bits per heavy atom. The van der Waals surface area contributed by atoms with Crippen LogP contribution >= 0.6 is 11.6 Å². The van der Waals surface area contributed by atoms with Gasteiger partial charge in [0.1, 0.15) is 5.76 Å². The minimum atomic E-state index is -0.550. The van der Waals surface area contributed by atoms with Crippen LogP contribution in [0.2, 0.25) is 5.02 Å². The lowest BCUT2D eigenvalue weighted by Gasteiger charge is -2.16. The number of nitrogens with zero attached hydrogens (tertiary/aromatic N) is 3. The van der Waals surface area contributed by atoms with Gasteiger partial charge in [0.05, 0.1) is 19.3 Å². The summed E-state index contributed by atoms with van der Waals surface area (Å²) in [5.41, 5.74) is 4.16. The summed E-state index contributed by atoms with van der Waals surface area (Å²) < 4.78 is 7.13. The van der Waals surface area contributed by atoms with E-state index in [9.17, 15) is 15.2 Å². The molecule has 1 aliphatic carbocycles. The molecule has 0 saturated carbocycles. The van der Waals surface area contributed by atoms with Crippen LogP contribution in [-0.2, 0) is 6.54 Å². The van der Waals surface area contributed by atoms with Crippen molar-refractivity contribution in [3.05, 3.63) is 105 Å². The molecular weight excluding hydrogens is 442 g/mol. The van der Waals surface area contributed by atoms with Crippen molar-refractivity contribution in [1.82, 2.24) is 9.55 Å². The molecule has 1 aliphatic rings. The number of aliphatic hydroxyl groups excluding tert-OH is 1. The number of hydrogen-bond acceptors (Lipinski definition) is 5. The van der Waals surface area contributed by atoms with E-state index >= 15 is 0 Å². The molecule has 1 N–H and O–H groups in total. The van der Waals surface area contributed by atoms with Crippen LogP contribution in [-0.4, -0.2) is 26.7 Å². The Morgan fingerprint density at radius 3 is 2.70 bits per heavy atom. The predicted octanol–water partition coefficient (Wildman–Crippen LogP) is 6.34. The van der Waals surface area contributed by atoms with Crippen molar-refractivity contribution in [2.45, 2.75) is 19.4 Å². The fraction of sp³-hybridized carbons (Fsp3) is 0.160. The maximum atomic E-state index is 11.5. The summed E-state index contributed by atoms with van der Waals surface area (Å²) in [6, 6.07) is 14.8. The first-order chi connectivity index (χ1) is 16.0. The predicted molar refractivity (Wildman–Crippen MR) is 128 cm³/mol. The Bertz CT molecular complexity index is 1290. The second kappa shape index (κ2) is 9.75. The smallest absolute Gasteiger partial charge is 0.406 e. The zero-order valence-electron chi connectivity index (χ0n) is 17.9. The van der Waals surface area contributed by atoms with E-state index in [0.717, 1.165) is 35.4 Å². The second-order valence-corrected chi connectivity index (χ2v) is 7.89. The summed E-state index contributed by atoms with van der Waals surface area (Å²) in [5, 5.41) is 22.0. The van der Waals surface area contributed by atoms with Crippen LogP contribution in [0, 0.1) is 10.1 Å². The van der Waals surface area contributed by atoms with E-state index in [0.29, 0.717) is 10.7 Å². The number of allylic oxidation sites excluding steroid dienone is 5. The molecule has 0 amide bonds. The Hall–Kier alpha value is -3.84. The first-order valence-corrected chi connectivity index (χ1v) is 10.7. The fourth-order valence-electron chi connectivity index (χ4n) is 3.82. The molecule has 0 aliphatic heterocycles. The normalized spacial score (nSPS) is 17.8. The van der Waals surface area contributed by atoms with Gasteiger partial charge in [0.15, 0.2) is 5.69 Å². The maximum absolute atomic E-state index is 11.5. The van der Waals surface area contributed by atoms with Gasteiger partial charge in [-0.1, -0.05) is 42.0 Å². The molecule has 0 radical (unpaired) electrons. The number of benzene rings is 1. The van der Waals surface area contributed by atoms with E-state index in [1.165, 1.54) is 7.11 Å². The highest BCUT2D eigenvalue weighted by molar-refractivity contribution is 6.33. The number of hydrogen-bond donors (Lipinski definition) is 1. The Balaban J connectivity index is 1.85. The average Bonchev–Trinajstić information content (AvgIpc) is 3.20. The van der Waals surface area contributed by atoms with Crippen molar-refractivity contribution in [3.8, 4) is 17.0 Å². The van der Waals surface area contributed by atoms with E-state index < -0.39 is 4.92 Å². The zero-order chi connectivity index (χ0) is 23.4. The van der Waals surface area contributed by atoms with Gasteiger partial charge in [0.2, 0.25) is 5.75 Å². The van der Waals surface area contributed by atoms with Crippen LogP contribution in [0.5, 0.6) is 5.75 Å². The zero-order valence-corrected chi connectivity index (χ0v) is 18.7. The summed E-state index contributed by atoms with van der Waals surface area (Å²) in [7, 11) is 1.38. The first kappa shape index (κ1) is 22.4. The van der Waals surface area contributed by atoms with Gasteiger partial charge in [-0.25, -0.2) is 0 Å². The van der Waals surface area contributed by atoms with E-state index in [1.807, 2.05) is 53.1 Å². The lowest BCUT2D eigenvalue weighted by Crippen LogP contribution is -2.09. The second-order valence-electron chi connectivity index (χ2n) is 7.48. The molecule has 0 saturated heterocycles. The molecule has 0 bridgehead atoms. The standard InChI is InChI=1S/C25H22ClN3O4/c1-33-24-15-11-18(27-25(24)29(31)32)16-28-22(17-6-2-3-7-19(30)12-10-17)13-14-23(28)20-8-4-5-9-21(20)26/h3-5,7-15,30H,2,6,16H2,1H3/b7-3-,17-10+,19-12+. The van der Waals surface area contributed by atoms with Crippen molar-refractivity contribution < 1.29 is 14.8 Å². The Morgan fingerprint density at radius 1 is 1.15 bits per heavy atom. The molecule has 168 valence electrons. The summed E-state index contributed by atoms with van der Waals surface area (Å²) in [6.07, 6.45) is 8.70. The average molecular weight is 464 g/mol. The van der Waals surface area contributed by atoms with Gasteiger partial charge < -0.3 is 24.5 Å². The summed E-state index contributed by atoms with van der Waals surface area (Å²) in [5.74, 6) is -0.0341. The lowest BCUT2D eigenvalue weighted by molar-refractivity contribution is -0.390. The molecule has 1 aromatic carbocycles. The van der Waals surface area contributed by atoms with Crippen LogP contribution in [0.15, 0.2) is 78.6 Å². The van der Waals surface area contributed by atoms with E-state index in [1.54, 1.807) is 24.3 Å². The third kappa shape index (κ3) is 4.83. The summed E-state index contributed by atoms with van der Waals surface area (Å²) >= 11 is 6.50. The molecule has 4 rings (SSSR count). The van der Waals surface area contributed by atoms with Crippen molar-refractivity contribution in [2.75, 3.05) is 7.11 Å². The molecule has 8 heteroatoms. The molecule has 0 spiro atoms. The van der Waals surface area contributed by atoms with Crippen molar-refractivity contribution in [2.24, 2.45) is 0 Å². The van der Waals surface area contributed by atoms with Gasteiger partial charge in [0, 0.05) is 16.3 Å². The van der Waals surface area contributed by atoms with E-state index in [4.69, 9.17) is 16.3 Å². The van der Waals surface area contributed by atoms with Gasteiger partial charge >= 0.3 is 5.82 Å². The van der Waals surface area contributed by atoms with E-state index in [2.05, 4.69) is 4.98 Å². The van der Waals surface area contributed by atoms with Gasteiger partial charge in [-0.2, -0.15) is 0 Å². The molecule has 2 aromatic heterocycles. The molecular formula is C25H22ClN3O4. The quantitative estimate of drug-likeness (QED) is 0.340. The van der Waals surface area contributed by atoms with Crippen molar-refractivity contribution in [1.29, 1.82) is 0 Å². The van der Waals surface area contributed by atoms with Crippen LogP contribution < -0.4 is 4.74 Å². The third-order valence-electron chi connectivity index (χ3n) is 5.39. The molecule has 0 atom stereocenters. The molecule has 33 heavy (non-hydrogen) atoms. The Kier molecular flexibility index (Phi) is 6.60. The van der Waals surface area contributed by atoms with Crippen LogP contribution in [0.4, 0.5) is 5.82 Å². The third-order valence-corrected chi connectivity index (χ3v) is 5.72. The number of methoxy groups -OCH3 is 1. The summed E-state index contributed by atoms with van der Waals surface area (Å²) in [4.78, 5) is 15.2. The summed E-state index contributed by atoms with van der Waals surface area (Å²) in [6.45, 7) is 0.288. The molecule has 7 nitrogen and oxygen atoms in total. The number of aromatic nitrogens is 2. The van der Waals surface area contributed by atoms with Gasteiger partial charge in [-0.3, -0.25) is 0 Å². The first-order valence-electron chi connectivity index (χ1n) is 10.4.